The van der Waals surface area contributed by atoms with Crippen molar-refractivity contribution in [3.63, 3.8) is 0 Å². The highest BCUT2D eigenvalue weighted by Crippen LogP contribution is 1.93. The van der Waals surface area contributed by atoms with Gasteiger partial charge in [-0.25, -0.2) is 4.39 Å². The number of rotatable bonds is 0. The zero-order chi connectivity index (χ0) is 4.28. The van der Waals surface area contributed by atoms with Crippen molar-refractivity contribution in [2.45, 2.75) is 0 Å². The van der Waals surface area contributed by atoms with Gasteiger partial charge in [-0.1, -0.05) is 0 Å². The van der Waals surface area contributed by atoms with Crippen LogP contribution < -0.4 is 0 Å². The molecule has 46 valence electrons. The maximum absolute atomic E-state index is 10.2. The van der Waals surface area contributed by atoms with E-state index in [1.807, 2.05) is 0 Å². The van der Waals surface area contributed by atoms with Gasteiger partial charge in [0, 0.05) is 0 Å². The molecule has 0 heterocycles. The van der Waals surface area contributed by atoms with Gasteiger partial charge in [0.1, 0.15) is 0 Å². The molecule has 0 aromatic heterocycles. The number of hydrogen-bond acceptors (Lipinski definition) is 0. The SMILES string of the molecule is Cl.Cl.FC=C(F)F. The molecule has 0 saturated carbocycles. The highest BCUT2D eigenvalue weighted by Gasteiger charge is 1.78. The van der Waals surface area contributed by atoms with Crippen molar-refractivity contribution in [2.75, 3.05) is 0 Å². The Balaban J connectivity index is -0.0000000800. The predicted molar refractivity (Wildman–Crippen MR) is 25.9 cm³/mol. The molecule has 0 aromatic rings. The van der Waals surface area contributed by atoms with Gasteiger partial charge in [0.2, 0.25) is 0 Å². The lowest BCUT2D eigenvalue weighted by molar-refractivity contribution is 0.400. The van der Waals surface area contributed by atoms with Crippen LogP contribution in [0.1, 0.15) is 0 Å². The molecule has 0 aliphatic carbocycles. The molecule has 0 spiro atoms. The molecule has 0 radical (unpaired) electrons. The van der Waals surface area contributed by atoms with Crippen molar-refractivity contribution in [3.8, 4) is 0 Å². The van der Waals surface area contributed by atoms with E-state index in [1.165, 1.54) is 0 Å². The first-order chi connectivity index (χ1) is 2.27. The number of hydrogen-bond donors (Lipinski definition) is 0. The van der Waals surface area contributed by atoms with Crippen LogP contribution in [0.5, 0.6) is 0 Å². The van der Waals surface area contributed by atoms with Crippen molar-refractivity contribution >= 4 is 24.8 Å². The second-order valence-electron chi connectivity index (χ2n) is 0.399. The fraction of sp³-hybridized carbons (Fsp3) is 0. The molecule has 0 bridgehead atoms. The first-order valence-electron chi connectivity index (χ1n) is 0.885. The molecule has 5 heteroatoms. The van der Waals surface area contributed by atoms with E-state index in [2.05, 4.69) is 0 Å². The Morgan fingerprint density at radius 3 is 1.29 bits per heavy atom. The molecule has 0 rings (SSSR count). The summed E-state index contributed by atoms with van der Waals surface area (Å²) in [7, 11) is 0. The monoisotopic (exact) mass is 154 g/mol. The van der Waals surface area contributed by atoms with Crippen LogP contribution in [0.2, 0.25) is 0 Å². The summed E-state index contributed by atoms with van der Waals surface area (Å²) < 4.78 is 30.7. The van der Waals surface area contributed by atoms with E-state index in [9.17, 15) is 13.2 Å². The smallest absolute Gasteiger partial charge is 0.210 e. The topological polar surface area (TPSA) is 0 Å². The van der Waals surface area contributed by atoms with Crippen LogP contribution in [-0.2, 0) is 0 Å². The molecule has 7 heavy (non-hydrogen) atoms. The molecule has 0 atom stereocenters. The summed E-state index contributed by atoms with van der Waals surface area (Å²) in [5, 5.41) is 0. The van der Waals surface area contributed by atoms with Crippen molar-refractivity contribution in [1.82, 2.24) is 0 Å². The standard InChI is InChI=1S/C2HF3.2ClH/c3-1-2(4)5;;/h1H;2*1H. The third-order valence-electron chi connectivity index (χ3n) is 0.0825. The van der Waals surface area contributed by atoms with Crippen LogP contribution >= 0.6 is 24.8 Å². The third kappa shape index (κ3) is 23.2. The molecule has 0 fully saturated rings. The second-order valence-corrected chi connectivity index (χ2v) is 0.399. The van der Waals surface area contributed by atoms with E-state index in [-0.39, 0.29) is 24.8 Å². The highest BCUT2D eigenvalue weighted by atomic mass is 35.5. The van der Waals surface area contributed by atoms with Gasteiger partial charge in [0.25, 0.3) is 6.08 Å². The first-order valence-corrected chi connectivity index (χ1v) is 0.885. The average Bonchev–Trinajstić information content (AvgIpc) is 1.38. The Bertz CT molecular complexity index is 48.9. The Labute approximate surface area is 51.2 Å². The zero-order valence-electron chi connectivity index (χ0n) is 3.03. The summed E-state index contributed by atoms with van der Waals surface area (Å²) in [5.74, 6) is 0. The minimum atomic E-state index is -2.29. The molecule has 0 saturated heterocycles. The molecule has 0 N–H and O–H groups in total. The maximum Gasteiger partial charge on any atom is 0.298 e. The van der Waals surface area contributed by atoms with Gasteiger partial charge in [0.05, 0.1) is 0 Å². The predicted octanol–water partition coefficient (Wildman–Crippen LogP) is 2.54. The fourth-order valence-electron chi connectivity index (χ4n) is 0. The summed E-state index contributed by atoms with van der Waals surface area (Å²) in [6.45, 7) is 0. The third-order valence-corrected chi connectivity index (χ3v) is 0.0825. The highest BCUT2D eigenvalue weighted by molar-refractivity contribution is 5.85. The molecule has 0 nitrogen and oxygen atoms in total. The van der Waals surface area contributed by atoms with E-state index in [0.29, 0.717) is 0 Å². The molecular weight excluding hydrogens is 152 g/mol. The van der Waals surface area contributed by atoms with E-state index >= 15 is 0 Å². The normalized spacial score (nSPS) is 5.00. The summed E-state index contributed by atoms with van der Waals surface area (Å²) >= 11 is 0. The zero-order valence-corrected chi connectivity index (χ0v) is 4.66. The van der Waals surface area contributed by atoms with Crippen LogP contribution in [0.25, 0.3) is 0 Å². The Hall–Kier alpha value is 0.110. The largest absolute Gasteiger partial charge is 0.298 e. The molecule has 0 aliphatic rings. The summed E-state index contributed by atoms with van der Waals surface area (Å²) in [5.41, 5.74) is 0. The molecule has 0 aliphatic heterocycles. The lowest BCUT2D eigenvalue weighted by Crippen LogP contribution is -1.42. The Morgan fingerprint density at radius 1 is 1.14 bits per heavy atom. The van der Waals surface area contributed by atoms with Crippen molar-refractivity contribution in [2.24, 2.45) is 0 Å². The van der Waals surface area contributed by atoms with Gasteiger partial charge in [-0.3, -0.25) is 0 Å². The summed E-state index contributed by atoms with van der Waals surface area (Å²) in [4.78, 5) is 0. The quantitative estimate of drug-likeness (QED) is 0.504. The van der Waals surface area contributed by atoms with E-state index in [1.54, 1.807) is 0 Å². The van der Waals surface area contributed by atoms with Crippen LogP contribution in [0.4, 0.5) is 13.2 Å². The van der Waals surface area contributed by atoms with Gasteiger partial charge in [0.15, 0.2) is 6.33 Å². The van der Waals surface area contributed by atoms with E-state index < -0.39 is 12.4 Å². The van der Waals surface area contributed by atoms with Crippen molar-refractivity contribution < 1.29 is 13.2 Å². The summed E-state index contributed by atoms with van der Waals surface area (Å²) in [6.07, 6.45) is -3.04. The fourth-order valence-corrected chi connectivity index (χ4v) is 0. The van der Waals surface area contributed by atoms with Crippen molar-refractivity contribution in [3.05, 3.63) is 12.4 Å². The van der Waals surface area contributed by atoms with Gasteiger partial charge in [-0.2, -0.15) is 8.78 Å². The van der Waals surface area contributed by atoms with Crippen molar-refractivity contribution in [1.29, 1.82) is 0 Å². The van der Waals surface area contributed by atoms with Gasteiger partial charge < -0.3 is 0 Å². The molecule has 0 aromatic carbocycles. The van der Waals surface area contributed by atoms with Gasteiger partial charge >= 0.3 is 0 Å². The summed E-state index contributed by atoms with van der Waals surface area (Å²) in [6, 6.07) is 0. The van der Waals surface area contributed by atoms with Crippen LogP contribution in [0.15, 0.2) is 12.4 Å². The number of halogens is 5. The van der Waals surface area contributed by atoms with Crippen LogP contribution in [-0.4, -0.2) is 0 Å². The minimum Gasteiger partial charge on any atom is -0.210 e. The average molecular weight is 155 g/mol. The molecule has 0 unspecified atom stereocenters. The van der Waals surface area contributed by atoms with E-state index in [4.69, 9.17) is 0 Å². The second kappa shape index (κ2) is 9.44. The van der Waals surface area contributed by atoms with Gasteiger partial charge in [-0.15, -0.1) is 24.8 Å². The van der Waals surface area contributed by atoms with Crippen LogP contribution in [0, 0.1) is 0 Å². The molecule has 0 amide bonds. The van der Waals surface area contributed by atoms with Gasteiger partial charge in [-0.05, 0) is 0 Å². The van der Waals surface area contributed by atoms with Crippen LogP contribution in [0.3, 0.4) is 0 Å². The Morgan fingerprint density at radius 2 is 1.29 bits per heavy atom. The lowest BCUT2D eigenvalue weighted by atomic mass is 11.1. The molecular formula is C2H3Cl2F3. The maximum atomic E-state index is 10.2. The minimum absolute atomic E-state index is 0. The first kappa shape index (κ1) is 15.7. The lowest BCUT2D eigenvalue weighted by Gasteiger charge is -1.59. The Kier molecular flexibility index (Phi) is 21.2. The van der Waals surface area contributed by atoms with E-state index in [0.717, 1.165) is 0 Å².